The van der Waals surface area contributed by atoms with Crippen LogP contribution in [0.5, 0.6) is 0 Å². The monoisotopic (exact) mass is 449 g/mol. The van der Waals surface area contributed by atoms with Gasteiger partial charge in [0.25, 0.3) is 0 Å². The van der Waals surface area contributed by atoms with E-state index < -0.39 is 35.9 Å². The summed E-state index contributed by atoms with van der Waals surface area (Å²) in [5.41, 5.74) is 4.54. The van der Waals surface area contributed by atoms with E-state index in [9.17, 15) is 28.8 Å². The second kappa shape index (κ2) is 36.3. The van der Waals surface area contributed by atoms with Crippen molar-refractivity contribution in [1.29, 1.82) is 0 Å². The molecule has 0 fully saturated rings. The number of rotatable bonds is 6. The van der Waals surface area contributed by atoms with Gasteiger partial charge in [0.15, 0.2) is 0 Å². The van der Waals surface area contributed by atoms with Crippen LogP contribution < -0.4 is 5.73 Å². The average Bonchev–Trinajstić information content (AvgIpc) is 2.69. The van der Waals surface area contributed by atoms with Crippen molar-refractivity contribution >= 4 is 35.9 Å². The van der Waals surface area contributed by atoms with Gasteiger partial charge in [0, 0.05) is 30.4 Å². The summed E-state index contributed by atoms with van der Waals surface area (Å²) >= 11 is 0. The first-order valence-corrected chi connectivity index (χ1v) is 7.32. The lowest BCUT2D eigenvalue weighted by Gasteiger charge is -1.89. The van der Waals surface area contributed by atoms with Crippen LogP contribution in [0.3, 0.4) is 0 Å². The molecule has 0 bridgehead atoms. The molecule has 0 aliphatic carbocycles. The van der Waals surface area contributed by atoms with Gasteiger partial charge >= 0.3 is 35.9 Å². The zero-order valence-corrected chi connectivity index (χ0v) is 16.8. The van der Waals surface area contributed by atoms with Crippen molar-refractivity contribution in [3.63, 3.8) is 0 Å². The molecule has 0 aliphatic rings. The fourth-order valence-electron chi connectivity index (χ4n) is 0.142. The van der Waals surface area contributed by atoms with Gasteiger partial charge in [0.1, 0.15) is 0 Å². The minimum atomic E-state index is -0.981. The molecule has 0 atom stereocenters. The highest BCUT2D eigenvalue weighted by Crippen LogP contribution is 1.66. The third kappa shape index (κ3) is 199. The van der Waals surface area contributed by atoms with Gasteiger partial charge in [-0.2, -0.15) is 0 Å². The van der Waals surface area contributed by atoms with Crippen molar-refractivity contribution in [2.75, 3.05) is 6.61 Å². The molecule has 0 spiro atoms. The summed E-state index contributed by atoms with van der Waals surface area (Å²) in [6.45, 7) is 16.9. The Bertz CT molecular complexity index is 504. The highest BCUT2D eigenvalue weighted by Gasteiger charge is 1.82. The van der Waals surface area contributed by atoms with Crippen molar-refractivity contribution in [3.05, 3.63) is 63.3 Å². The van der Waals surface area contributed by atoms with Gasteiger partial charge in [0.2, 0.25) is 0 Å². The summed E-state index contributed by atoms with van der Waals surface area (Å²) in [7, 11) is 0. The van der Waals surface area contributed by atoms with Gasteiger partial charge in [-0.3, -0.25) is 0 Å². The van der Waals surface area contributed by atoms with E-state index in [0.717, 1.165) is 30.4 Å². The molecule has 7 N–H and O–H groups in total. The Morgan fingerprint density at radius 3 is 0.742 bits per heavy atom. The number of aliphatic carboxylic acids is 5. The zero-order chi connectivity index (χ0) is 26.4. The van der Waals surface area contributed by atoms with Gasteiger partial charge in [-0.25, -0.2) is 28.8 Å². The SMILES string of the molecule is C=CC(=O)O.C=CC(=O)O.C=CC(=O)O.C=CC(=O)O.C=CC(=O)O.CCOC(N)=O. The number of carboxylic acid groups (broad SMARTS) is 5. The maximum absolute atomic E-state index is 9.60. The molecule has 13 heteroatoms. The number of carbonyl (C=O) groups is 6. The first-order valence-electron chi connectivity index (χ1n) is 7.32. The summed E-state index contributed by atoms with van der Waals surface area (Å²) in [5.74, 6) is -4.91. The van der Waals surface area contributed by atoms with Crippen LogP contribution in [0.15, 0.2) is 63.3 Å². The molecule has 0 unspecified atom stereocenters. The number of ether oxygens (including phenoxy) is 1. The second-order valence-corrected chi connectivity index (χ2v) is 3.46. The molecule has 31 heavy (non-hydrogen) atoms. The molecule has 0 aliphatic heterocycles. The predicted molar refractivity (Wildman–Crippen MR) is 110 cm³/mol. The van der Waals surface area contributed by atoms with E-state index in [1.165, 1.54) is 0 Å². The zero-order valence-electron chi connectivity index (χ0n) is 16.8. The van der Waals surface area contributed by atoms with Gasteiger partial charge in [-0.1, -0.05) is 32.9 Å². The summed E-state index contributed by atoms with van der Waals surface area (Å²) < 4.78 is 4.18. The Balaban J connectivity index is -0.0000000606. The highest BCUT2D eigenvalue weighted by atomic mass is 16.5. The van der Waals surface area contributed by atoms with Gasteiger partial charge in [-0.05, 0) is 6.92 Å². The number of nitrogens with two attached hydrogens (primary N) is 1. The fraction of sp³-hybridized carbons (Fsp3) is 0.111. The molecule has 0 saturated carbocycles. The van der Waals surface area contributed by atoms with E-state index in [1.807, 2.05) is 0 Å². The summed E-state index contributed by atoms with van der Waals surface area (Å²) in [4.78, 5) is 55.8. The highest BCUT2D eigenvalue weighted by molar-refractivity contribution is 5.80. The van der Waals surface area contributed by atoms with Gasteiger partial charge in [-0.15, -0.1) is 0 Å². The molecule has 0 radical (unpaired) electrons. The van der Waals surface area contributed by atoms with Crippen LogP contribution in [0.4, 0.5) is 4.79 Å². The average molecular weight is 449 g/mol. The predicted octanol–water partition coefficient (Wildman–Crippen LogP) is 1.39. The topological polar surface area (TPSA) is 239 Å². The van der Waals surface area contributed by atoms with E-state index in [4.69, 9.17) is 25.5 Å². The number of hydrogen-bond acceptors (Lipinski definition) is 7. The maximum atomic E-state index is 9.60. The van der Waals surface area contributed by atoms with Crippen molar-refractivity contribution in [3.8, 4) is 0 Å². The largest absolute Gasteiger partial charge is 0.478 e. The number of hydrogen-bond donors (Lipinski definition) is 6. The first-order chi connectivity index (χ1) is 14.1. The lowest BCUT2D eigenvalue weighted by molar-refractivity contribution is -0.132. The molecule has 0 aromatic carbocycles. The van der Waals surface area contributed by atoms with Crippen molar-refractivity contribution < 1.29 is 59.0 Å². The fourth-order valence-corrected chi connectivity index (χ4v) is 0.142. The third-order valence-electron chi connectivity index (χ3n) is 1.16. The van der Waals surface area contributed by atoms with Crippen LogP contribution in [-0.2, 0) is 28.7 Å². The van der Waals surface area contributed by atoms with E-state index >= 15 is 0 Å². The lowest BCUT2D eigenvalue weighted by atomic mass is 10.7. The number of amides is 1. The van der Waals surface area contributed by atoms with Crippen molar-refractivity contribution in [1.82, 2.24) is 0 Å². The molecule has 13 nitrogen and oxygen atoms in total. The van der Waals surface area contributed by atoms with E-state index in [1.54, 1.807) is 6.92 Å². The number of primary amides is 1. The quantitative estimate of drug-likeness (QED) is 0.315. The van der Waals surface area contributed by atoms with Gasteiger partial charge in [0.05, 0.1) is 6.61 Å². The standard InChI is InChI=1S/C3H7NO2.5C3H4O2/c1-2-6-3(4)5;5*1-2-3(4)5/h2H2,1H3,(H2,4,5);5*2H,1H2,(H,4,5). The van der Waals surface area contributed by atoms with Crippen LogP contribution in [0.2, 0.25) is 0 Å². The van der Waals surface area contributed by atoms with E-state index in [-0.39, 0.29) is 0 Å². The minimum absolute atomic E-state index is 0.356. The van der Waals surface area contributed by atoms with Crippen LogP contribution in [0, 0.1) is 0 Å². The summed E-state index contributed by atoms with van der Waals surface area (Å²) in [5, 5.41) is 38.0. The molecule has 0 rings (SSSR count). The van der Waals surface area contributed by atoms with Crippen LogP contribution in [-0.4, -0.2) is 68.1 Å². The third-order valence-corrected chi connectivity index (χ3v) is 1.16. The lowest BCUT2D eigenvalue weighted by Crippen LogP contribution is -2.11. The van der Waals surface area contributed by atoms with Crippen LogP contribution >= 0.6 is 0 Å². The molecule has 0 heterocycles. The van der Waals surface area contributed by atoms with Crippen molar-refractivity contribution in [2.24, 2.45) is 5.73 Å². The molecule has 0 aromatic heterocycles. The molecule has 1 amide bonds. The van der Waals surface area contributed by atoms with Crippen molar-refractivity contribution in [2.45, 2.75) is 6.92 Å². The second-order valence-electron chi connectivity index (χ2n) is 3.46. The Morgan fingerprint density at radius 2 is 0.742 bits per heavy atom. The Hall–Kier alpha value is -4.68. The van der Waals surface area contributed by atoms with Crippen LogP contribution in [0.25, 0.3) is 0 Å². The Labute approximate surface area is 178 Å². The molecule has 176 valence electrons. The normalized spacial score (nSPS) is 6.61. The summed E-state index contributed by atoms with van der Waals surface area (Å²) in [6.07, 6.45) is 3.46. The first kappa shape index (κ1) is 40.9. The summed E-state index contributed by atoms with van der Waals surface area (Å²) in [6, 6.07) is 0. The minimum Gasteiger partial charge on any atom is -0.478 e. The smallest absolute Gasteiger partial charge is 0.404 e. The Kier molecular flexibility index (Phi) is 47.8. The van der Waals surface area contributed by atoms with E-state index in [2.05, 4.69) is 43.4 Å². The van der Waals surface area contributed by atoms with Crippen LogP contribution in [0.1, 0.15) is 6.92 Å². The van der Waals surface area contributed by atoms with Gasteiger partial charge < -0.3 is 36.0 Å². The number of carboxylic acids is 5. The Morgan fingerprint density at radius 1 is 0.613 bits per heavy atom. The molecular weight excluding hydrogens is 422 g/mol. The molecule has 0 aromatic rings. The maximum Gasteiger partial charge on any atom is 0.404 e. The molecular formula is C18H27NO12. The number of carbonyl (C=O) groups excluding carboxylic acids is 1. The molecule has 0 saturated heterocycles. The van der Waals surface area contributed by atoms with E-state index in [0.29, 0.717) is 6.61 Å².